The second-order valence-electron chi connectivity index (χ2n) is 5.96. The second-order valence-corrected chi connectivity index (χ2v) is 6.37. The Morgan fingerprint density at radius 1 is 1.11 bits per heavy atom. The molecule has 0 aliphatic carbocycles. The standard InChI is InChI=1S/C20H20ClFN4O/c1-13-11-19(25-15-7-8-17(22)16(21)12-15)26-20(24-13)23-10-9-14-5-3-4-6-18(14)27-2/h3-8,11-12H,9-10H2,1-2H3,(H2,23,24,25,26). The fourth-order valence-electron chi connectivity index (χ4n) is 2.65. The summed E-state index contributed by atoms with van der Waals surface area (Å²) in [6.07, 6.45) is 0.775. The highest BCUT2D eigenvalue weighted by Crippen LogP contribution is 2.23. The molecule has 27 heavy (non-hydrogen) atoms. The number of hydrogen-bond acceptors (Lipinski definition) is 5. The molecule has 0 saturated carbocycles. The van der Waals surface area contributed by atoms with Crippen LogP contribution in [0.4, 0.5) is 21.8 Å². The molecule has 2 N–H and O–H groups in total. The Morgan fingerprint density at radius 2 is 1.93 bits per heavy atom. The molecule has 2 aromatic carbocycles. The Hall–Kier alpha value is -2.86. The van der Waals surface area contributed by atoms with E-state index in [1.807, 2.05) is 37.3 Å². The molecule has 1 heterocycles. The predicted octanol–water partition coefficient (Wildman–Crippen LogP) is 4.98. The maximum Gasteiger partial charge on any atom is 0.224 e. The van der Waals surface area contributed by atoms with Crippen LogP contribution < -0.4 is 15.4 Å². The molecule has 3 aromatic rings. The predicted molar refractivity (Wildman–Crippen MR) is 107 cm³/mol. The van der Waals surface area contributed by atoms with Gasteiger partial charge in [0.05, 0.1) is 12.1 Å². The van der Waals surface area contributed by atoms with E-state index in [1.165, 1.54) is 12.1 Å². The van der Waals surface area contributed by atoms with Gasteiger partial charge < -0.3 is 15.4 Å². The Bertz CT molecular complexity index is 936. The van der Waals surface area contributed by atoms with E-state index in [0.29, 0.717) is 24.0 Å². The lowest BCUT2D eigenvalue weighted by atomic mass is 10.1. The SMILES string of the molecule is COc1ccccc1CCNc1nc(C)cc(Nc2ccc(F)c(Cl)c2)n1. The number of aromatic nitrogens is 2. The molecule has 1 aromatic heterocycles. The van der Waals surface area contributed by atoms with Crippen molar-refractivity contribution in [2.45, 2.75) is 13.3 Å². The first kappa shape index (κ1) is 18.9. The molecule has 0 spiro atoms. The van der Waals surface area contributed by atoms with Gasteiger partial charge in [0.15, 0.2) is 0 Å². The van der Waals surface area contributed by atoms with Crippen LogP contribution in [0.5, 0.6) is 5.75 Å². The number of ether oxygens (including phenoxy) is 1. The summed E-state index contributed by atoms with van der Waals surface area (Å²) in [6.45, 7) is 2.54. The zero-order valence-electron chi connectivity index (χ0n) is 15.1. The van der Waals surface area contributed by atoms with Gasteiger partial charge in [-0.15, -0.1) is 0 Å². The van der Waals surface area contributed by atoms with Gasteiger partial charge in [-0.2, -0.15) is 4.98 Å². The van der Waals surface area contributed by atoms with E-state index in [4.69, 9.17) is 16.3 Å². The highest BCUT2D eigenvalue weighted by atomic mass is 35.5. The molecule has 0 radical (unpaired) electrons. The van der Waals surface area contributed by atoms with Crippen LogP contribution in [0, 0.1) is 12.7 Å². The van der Waals surface area contributed by atoms with Crippen LogP contribution in [0.3, 0.4) is 0 Å². The van der Waals surface area contributed by atoms with Crippen molar-refractivity contribution in [1.82, 2.24) is 9.97 Å². The average Bonchev–Trinajstić information content (AvgIpc) is 2.65. The van der Waals surface area contributed by atoms with E-state index in [-0.39, 0.29) is 5.02 Å². The van der Waals surface area contributed by atoms with Crippen LogP contribution in [0.25, 0.3) is 0 Å². The van der Waals surface area contributed by atoms with Gasteiger partial charge in [-0.05, 0) is 43.2 Å². The van der Waals surface area contributed by atoms with Gasteiger partial charge in [-0.25, -0.2) is 9.37 Å². The third-order valence-electron chi connectivity index (χ3n) is 3.92. The van der Waals surface area contributed by atoms with E-state index in [2.05, 4.69) is 20.6 Å². The minimum atomic E-state index is -0.459. The summed E-state index contributed by atoms with van der Waals surface area (Å²) in [5, 5.41) is 6.40. The van der Waals surface area contributed by atoms with Gasteiger partial charge >= 0.3 is 0 Å². The van der Waals surface area contributed by atoms with E-state index in [1.54, 1.807) is 13.2 Å². The Morgan fingerprint density at radius 3 is 2.70 bits per heavy atom. The summed E-state index contributed by atoms with van der Waals surface area (Å²) in [5.41, 5.74) is 2.57. The van der Waals surface area contributed by atoms with Crippen molar-refractivity contribution in [3.8, 4) is 5.75 Å². The fraction of sp³-hybridized carbons (Fsp3) is 0.200. The normalized spacial score (nSPS) is 10.5. The van der Waals surface area contributed by atoms with Gasteiger partial charge in [-0.1, -0.05) is 29.8 Å². The molecule has 7 heteroatoms. The minimum absolute atomic E-state index is 0.0564. The molecule has 0 aliphatic rings. The number of anilines is 3. The lowest BCUT2D eigenvalue weighted by molar-refractivity contribution is 0.410. The molecule has 3 rings (SSSR count). The zero-order valence-corrected chi connectivity index (χ0v) is 15.8. The molecule has 0 bridgehead atoms. The molecule has 0 fully saturated rings. The number of methoxy groups -OCH3 is 1. The molecular formula is C20H20ClFN4O. The fourth-order valence-corrected chi connectivity index (χ4v) is 2.83. The molecule has 0 saturated heterocycles. The number of rotatable bonds is 7. The quantitative estimate of drug-likeness (QED) is 0.599. The number of benzene rings is 2. The topological polar surface area (TPSA) is 59.1 Å². The van der Waals surface area contributed by atoms with Crippen molar-refractivity contribution in [2.75, 3.05) is 24.3 Å². The van der Waals surface area contributed by atoms with Gasteiger partial charge in [-0.3, -0.25) is 0 Å². The Balaban J connectivity index is 1.67. The molecule has 0 atom stereocenters. The second kappa shape index (κ2) is 8.68. The first-order chi connectivity index (χ1) is 13.0. The maximum absolute atomic E-state index is 13.3. The molecular weight excluding hydrogens is 367 g/mol. The van der Waals surface area contributed by atoms with Crippen LogP contribution >= 0.6 is 11.6 Å². The third-order valence-corrected chi connectivity index (χ3v) is 4.21. The molecule has 5 nitrogen and oxygen atoms in total. The smallest absolute Gasteiger partial charge is 0.224 e. The van der Waals surface area contributed by atoms with E-state index >= 15 is 0 Å². The van der Waals surface area contributed by atoms with Gasteiger partial charge in [0.1, 0.15) is 17.4 Å². The number of halogens is 2. The summed E-state index contributed by atoms with van der Waals surface area (Å²) in [4.78, 5) is 8.85. The lowest BCUT2D eigenvalue weighted by Crippen LogP contribution is -2.10. The van der Waals surface area contributed by atoms with Crippen molar-refractivity contribution in [3.63, 3.8) is 0 Å². The van der Waals surface area contributed by atoms with Crippen LogP contribution in [0.15, 0.2) is 48.5 Å². The largest absolute Gasteiger partial charge is 0.496 e. The van der Waals surface area contributed by atoms with Crippen LogP contribution in [0.2, 0.25) is 5.02 Å². The number of hydrogen-bond donors (Lipinski definition) is 2. The van der Waals surface area contributed by atoms with E-state index < -0.39 is 5.82 Å². The van der Waals surface area contributed by atoms with Crippen molar-refractivity contribution < 1.29 is 9.13 Å². The van der Waals surface area contributed by atoms with Crippen LogP contribution in [0.1, 0.15) is 11.3 Å². The zero-order chi connectivity index (χ0) is 19.2. The van der Waals surface area contributed by atoms with Gasteiger partial charge in [0.25, 0.3) is 0 Å². The summed E-state index contributed by atoms with van der Waals surface area (Å²) in [7, 11) is 1.66. The van der Waals surface area contributed by atoms with Crippen molar-refractivity contribution in [2.24, 2.45) is 0 Å². The van der Waals surface area contributed by atoms with Crippen LogP contribution in [-0.2, 0) is 6.42 Å². The highest BCUT2D eigenvalue weighted by molar-refractivity contribution is 6.31. The highest BCUT2D eigenvalue weighted by Gasteiger charge is 2.06. The number of aryl methyl sites for hydroxylation is 1. The number of nitrogens with zero attached hydrogens (tertiary/aromatic N) is 2. The van der Waals surface area contributed by atoms with Crippen molar-refractivity contribution >= 4 is 29.1 Å². The number of para-hydroxylation sites is 1. The summed E-state index contributed by atoms with van der Waals surface area (Å²) < 4.78 is 18.7. The summed E-state index contributed by atoms with van der Waals surface area (Å²) in [5.74, 6) is 1.52. The molecule has 140 valence electrons. The average molecular weight is 387 g/mol. The molecule has 0 aliphatic heterocycles. The number of nitrogens with one attached hydrogen (secondary N) is 2. The summed E-state index contributed by atoms with van der Waals surface area (Å²) >= 11 is 5.82. The van der Waals surface area contributed by atoms with E-state index in [9.17, 15) is 4.39 Å². The first-order valence-electron chi connectivity index (χ1n) is 8.48. The van der Waals surface area contributed by atoms with Crippen LogP contribution in [-0.4, -0.2) is 23.6 Å². The minimum Gasteiger partial charge on any atom is -0.496 e. The lowest BCUT2D eigenvalue weighted by Gasteiger charge is -2.11. The molecule has 0 unspecified atom stereocenters. The maximum atomic E-state index is 13.3. The van der Waals surface area contributed by atoms with Crippen molar-refractivity contribution in [1.29, 1.82) is 0 Å². The monoisotopic (exact) mass is 386 g/mol. The molecule has 0 amide bonds. The van der Waals surface area contributed by atoms with Gasteiger partial charge in [0, 0.05) is 24.0 Å². The Labute approximate surface area is 162 Å². The Kier molecular flexibility index (Phi) is 6.08. The van der Waals surface area contributed by atoms with Gasteiger partial charge in [0.2, 0.25) is 5.95 Å². The summed E-state index contributed by atoms with van der Waals surface area (Å²) in [6, 6.07) is 14.1. The first-order valence-corrected chi connectivity index (χ1v) is 8.86. The third kappa shape index (κ3) is 5.08. The van der Waals surface area contributed by atoms with E-state index in [0.717, 1.165) is 23.4 Å². The van der Waals surface area contributed by atoms with Crippen molar-refractivity contribution in [3.05, 3.63) is 70.6 Å².